The Bertz CT molecular complexity index is 821. The minimum atomic E-state index is -0.0114. The molecular weight excluding hydrogens is 338 g/mol. The minimum absolute atomic E-state index is 0.0114. The van der Waals surface area contributed by atoms with Crippen LogP contribution in [0.5, 0.6) is 0 Å². The highest BCUT2D eigenvalue weighted by Gasteiger charge is 2.27. The van der Waals surface area contributed by atoms with Gasteiger partial charge in [0.25, 0.3) is 0 Å². The van der Waals surface area contributed by atoms with Gasteiger partial charge >= 0.3 is 0 Å². The molecule has 2 aliphatic heterocycles. The lowest BCUT2D eigenvalue weighted by atomic mass is 10.0. The lowest BCUT2D eigenvalue weighted by Crippen LogP contribution is -2.33. The predicted molar refractivity (Wildman–Crippen MR) is 107 cm³/mol. The molecule has 140 valence electrons. The van der Waals surface area contributed by atoms with Crippen molar-refractivity contribution in [2.24, 2.45) is 0 Å². The van der Waals surface area contributed by atoms with Crippen molar-refractivity contribution in [3.05, 3.63) is 60.2 Å². The third kappa shape index (κ3) is 4.03. The summed E-state index contributed by atoms with van der Waals surface area (Å²) in [4.78, 5) is 28.6. The molecular formula is C22H25N3O2. The number of anilines is 2. The zero-order valence-corrected chi connectivity index (χ0v) is 15.4. The average molecular weight is 363 g/mol. The van der Waals surface area contributed by atoms with E-state index in [9.17, 15) is 9.59 Å². The fourth-order valence-electron chi connectivity index (χ4n) is 4.13. The molecule has 4 rings (SSSR count). The molecule has 0 spiro atoms. The molecule has 2 aliphatic rings. The number of likely N-dealkylation sites (tertiary alicyclic amines) is 1. The van der Waals surface area contributed by atoms with E-state index >= 15 is 0 Å². The first-order chi connectivity index (χ1) is 13.2. The summed E-state index contributed by atoms with van der Waals surface area (Å²) in [7, 11) is 0. The molecule has 27 heavy (non-hydrogen) atoms. The second kappa shape index (κ2) is 7.92. The zero-order valence-electron chi connectivity index (χ0n) is 15.4. The fraction of sp³-hybridized carbons (Fsp3) is 0.364. The minimum Gasteiger partial charge on any atom is -0.325 e. The van der Waals surface area contributed by atoms with Crippen LogP contribution in [0.1, 0.15) is 37.3 Å². The highest BCUT2D eigenvalue weighted by atomic mass is 16.2. The quantitative estimate of drug-likeness (QED) is 0.883. The normalized spacial score (nSPS) is 20.2. The van der Waals surface area contributed by atoms with Crippen LogP contribution in [0, 0.1) is 0 Å². The molecule has 0 bridgehead atoms. The molecule has 1 atom stereocenters. The van der Waals surface area contributed by atoms with E-state index in [2.05, 4.69) is 34.5 Å². The van der Waals surface area contributed by atoms with Crippen LogP contribution < -0.4 is 10.2 Å². The molecule has 2 aromatic carbocycles. The van der Waals surface area contributed by atoms with Crippen LogP contribution >= 0.6 is 0 Å². The fourth-order valence-corrected chi connectivity index (χ4v) is 4.13. The number of hydrogen-bond donors (Lipinski definition) is 1. The zero-order chi connectivity index (χ0) is 18.6. The average Bonchev–Trinajstić information content (AvgIpc) is 3.31. The first-order valence-electron chi connectivity index (χ1n) is 9.70. The van der Waals surface area contributed by atoms with Crippen LogP contribution in [0.15, 0.2) is 54.6 Å². The van der Waals surface area contributed by atoms with Gasteiger partial charge in [0.1, 0.15) is 0 Å². The molecule has 5 nitrogen and oxygen atoms in total. The molecule has 1 N–H and O–H groups in total. The largest absolute Gasteiger partial charge is 0.325 e. The van der Waals surface area contributed by atoms with Crippen molar-refractivity contribution in [2.45, 2.75) is 31.7 Å². The Morgan fingerprint density at radius 2 is 1.89 bits per heavy atom. The second-order valence-electron chi connectivity index (χ2n) is 7.29. The number of benzene rings is 2. The maximum atomic E-state index is 12.6. The van der Waals surface area contributed by atoms with Crippen molar-refractivity contribution in [1.82, 2.24) is 4.90 Å². The summed E-state index contributed by atoms with van der Waals surface area (Å²) in [5.41, 5.74) is 2.88. The Morgan fingerprint density at radius 3 is 2.67 bits per heavy atom. The number of amides is 2. The third-order valence-corrected chi connectivity index (χ3v) is 5.41. The van der Waals surface area contributed by atoms with Crippen LogP contribution in [0.2, 0.25) is 0 Å². The second-order valence-corrected chi connectivity index (χ2v) is 7.29. The standard InChI is InChI=1S/C22H25N3O2/c26-21(16-24-13-5-11-20(24)17-7-2-1-3-8-17)23-18-9-4-10-19(15-18)25-14-6-12-22(25)27/h1-4,7-10,15,20H,5-6,11-14,16H2,(H,23,26). The maximum Gasteiger partial charge on any atom is 0.238 e. The van der Waals surface area contributed by atoms with Gasteiger partial charge in [-0.2, -0.15) is 0 Å². The number of nitrogens with one attached hydrogen (secondary N) is 1. The molecule has 0 saturated carbocycles. The van der Waals surface area contributed by atoms with Crippen molar-refractivity contribution < 1.29 is 9.59 Å². The van der Waals surface area contributed by atoms with Gasteiger partial charge in [0.2, 0.25) is 11.8 Å². The molecule has 0 aromatic heterocycles. The first-order valence-corrected chi connectivity index (χ1v) is 9.70. The number of carbonyl (C=O) groups excluding carboxylic acids is 2. The molecule has 0 radical (unpaired) electrons. The third-order valence-electron chi connectivity index (χ3n) is 5.41. The highest BCUT2D eigenvalue weighted by Crippen LogP contribution is 2.31. The SMILES string of the molecule is O=C(CN1CCCC1c1ccccc1)Nc1cccc(N2CCCC2=O)c1. The molecule has 0 aliphatic carbocycles. The van der Waals surface area contributed by atoms with Gasteiger partial charge in [0.05, 0.1) is 6.54 Å². The lowest BCUT2D eigenvalue weighted by molar-refractivity contribution is -0.118. The van der Waals surface area contributed by atoms with E-state index in [4.69, 9.17) is 0 Å². The topological polar surface area (TPSA) is 52.7 Å². The summed E-state index contributed by atoms with van der Waals surface area (Å²) in [6.45, 7) is 2.07. The van der Waals surface area contributed by atoms with Gasteiger partial charge in [-0.25, -0.2) is 0 Å². The molecule has 5 heteroatoms. The summed E-state index contributed by atoms with van der Waals surface area (Å²) < 4.78 is 0. The van der Waals surface area contributed by atoms with Crippen LogP contribution in [-0.2, 0) is 9.59 Å². The summed E-state index contributed by atoms with van der Waals surface area (Å²) >= 11 is 0. The van der Waals surface area contributed by atoms with E-state index < -0.39 is 0 Å². The van der Waals surface area contributed by atoms with Gasteiger partial charge in [-0.3, -0.25) is 14.5 Å². The van der Waals surface area contributed by atoms with Crippen LogP contribution in [0.25, 0.3) is 0 Å². The van der Waals surface area contributed by atoms with Crippen LogP contribution in [0.4, 0.5) is 11.4 Å². The maximum absolute atomic E-state index is 12.6. The smallest absolute Gasteiger partial charge is 0.238 e. The number of nitrogens with zero attached hydrogens (tertiary/aromatic N) is 2. The van der Waals surface area contributed by atoms with E-state index in [-0.39, 0.29) is 11.8 Å². The Balaban J connectivity index is 1.40. The van der Waals surface area contributed by atoms with Crippen molar-refractivity contribution in [3.8, 4) is 0 Å². The van der Waals surface area contributed by atoms with Gasteiger partial charge in [0.15, 0.2) is 0 Å². The number of carbonyl (C=O) groups is 2. The molecule has 1 unspecified atom stereocenters. The summed E-state index contributed by atoms with van der Waals surface area (Å²) in [6.07, 6.45) is 3.70. The lowest BCUT2D eigenvalue weighted by Gasteiger charge is -2.24. The summed E-state index contributed by atoms with van der Waals surface area (Å²) in [5, 5.41) is 3.00. The van der Waals surface area contributed by atoms with Crippen molar-refractivity contribution in [2.75, 3.05) is 29.9 Å². The van der Waals surface area contributed by atoms with Crippen molar-refractivity contribution in [1.29, 1.82) is 0 Å². The molecule has 2 saturated heterocycles. The van der Waals surface area contributed by atoms with Gasteiger partial charge in [0, 0.05) is 30.4 Å². The van der Waals surface area contributed by atoms with E-state index in [1.165, 1.54) is 5.56 Å². The Morgan fingerprint density at radius 1 is 1.04 bits per heavy atom. The number of rotatable bonds is 5. The van der Waals surface area contributed by atoms with Crippen LogP contribution in [0.3, 0.4) is 0 Å². The van der Waals surface area contributed by atoms with E-state index in [0.717, 1.165) is 43.7 Å². The highest BCUT2D eigenvalue weighted by molar-refractivity contribution is 5.97. The molecule has 2 fully saturated rings. The van der Waals surface area contributed by atoms with E-state index in [1.807, 2.05) is 30.3 Å². The molecule has 2 aromatic rings. The Labute approximate surface area is 160 Å². The Hall–Kier alpha value is -2.66. The monoisotopic (exact) mass is 363 g/mol. The van der Waals surface area contributed by atoms with Crippen LogP contribution in [-0.4, -0.2) is 36.3 Å². The molecule has 2 heterocycles. The first kappa shape index (κ1) is 17.7. The van der Waals surface area contributed by atoms with Gasteiger partial charge in [-0.05, 0) is 49.6 Å². The van der Waals surface area contributed by atoms with Crippen molar-refractivity contribution >= 4 is 23.2 Å². The van der Waals surface area contributed by atoms with Gasteiger partial charge in [-0.15, -0.1) is 0 Å². The number of hydrogen-bond acceptors (Lipinski definition) is 3. The van der Waals surface area contributed by atoms with E-state index in [0.29, 0.717) is 19.0 Å². The van der Waals surface area contributed by atoms with E-state index in [1.54, 1.807) is 4.90 Å². The van der Waals surface area contributed by atoms with Crippen molar-refractivity contribution in [3.63, 3.8) is 0 Å². The molecule has 2 amide bonds. The predicted octanol–water partition coefficient (Wildman–Crippen LogP) is 3.59. The van der Waals surface area contributed by atoms with Gasteiger partial charge in [-0.1, -0.05) is 36.4 Å². The Kier molecular flexibility index (Phi) is 5.21. The van der Waals surface area contributed by atoms with Gasteiger partial charge < -0.3 is 10.2 Å². The summed E-state index contributed by atoms with van der Waals surface area (Å²) in [5.74, 6) is 0.143. The summed E-state index contributed by atoms with van der Waals surface area (Å²) in [6, 6.07) is 18.3.